The molecule has 0 saturated carbocycles. The number of thiazole rings is 1. The van der Waals surface area contributed by atoms with Crippen molar-refractivity contribution in [3.63, 3.8) is 0 Å². The lowest BCUT2D eigenvalue weighted by Crippen LogP contribution is -2.42. The first-order chi connectivity index (χ1) is 14.1. The third kappa shape index (κ3) is 4.68. The fraction of sp³-hybridized carbons (Fsp3) is 0.227. The average molecular weight is 424 g/mol. The van der Waals surface area contributed by atoms with Gasteiger partial charge in [-0.25, -0.2) is 4.98 Å². The second-order valence-corrected chi connectivity index (χ2v) is 8.92. The highest BCUT2D eigenvalue weighted by atomic mass is 32.2. The monoisotopic (exact) mass is 423 g/mol. The molecule has 0 unspecified atom stereocenters. The number of carbonyl (C=O) groups excluding carboxylic acids is 2. The third-order valence-electron chi connectivity index (χ3n) is 4.78. The maximum absolute atomic E-state index is 12.5. The van der Waals surface area contributed by atoms with Crippen LogP contribution in [0.2, 0.25) is 0 Å². The van der Waals surface area contributed by atoms with Gasteiger partial charge in [-0.05, 0) is 49.4 Å². The van der Waals surface area contributed by atoms with E-state index in [9.17, 15) is 9.59 Å². The Kier molecular flexibility index (Phi) is 5.97. The van der Waals surface area contributed by atoms with Gasteiger partial charge >= 0.3 is 0 Å². The van der Waals surface area contributed by atoms with Crippen LogP contribution in [-0.4, -0.2) is 22.6 Å². The standard InChI is InChI=1S/C22H21N3O2S2/c1-14-20(29-22(23-14)16-6-3-2-4-7-16)21(27)25-24-19(26)13-28-18-11-10-15-8-5-9-17(15)12-18/h2-4,6-7,10-12H,5,8-9,13H2,1H3,(H,24,26)(H,25,27). The zero-order valence-electron chi connectivity index (χ0n) is 16.0. The Morgan fingerprint density at radius 2 is 1.86 bits per heavy atom. The van der Waals surface area contributed by atoms with E-state index in [1.54, 1.807) is 6.92 Å². The summed E-state index contributed by atoms with van der Waals surface area (Å²) in [5, 5.41) is 0.784. The van der Waals surface area contributed by atoms with Gasteiger partial charge in [0.2, 0.25) is 5.91 Å². The minimum absolute atomic E-state index is 0.241. The Morgan fingerprint density at radius 3 is 2.69 bits per heavy atom. The van der Waals surface area contributed by atoms with Gasteiger partial charge in [0.25, 0.3) is 5.91 Å². The molecule has 148 valence electrons. The molecule has 0 radical (unpaired) electrons. The van der Waals surface area contributed by atoms with Crippen LogP contribution in [-0.2, 0) is 17.6 Å². The Bertz CT molecular complexity index is 1050. The predicted octanol–water partition coefficient (Wildman–Crippen LogP) is 4.16. The maximum atomic E-state index is 12.5. The van der Waals surface area contributed by atoms with Crippen LogP contribution in [0, 0.1) is 6.92 Å². The number of nitrogens with one attached hydrogen (secondary N) is 2. The molecule has 1 aliphatic carbocycles. The molecule has 0 bridgehead atoms. The number of hydrogen-bond donors (Lipinski definition) is 2. The van der Waals surface area contributed by atoms with Gasteiger partial charge in [-0.2, -0.15) is 0 Å². The van der Waals surface area contributed by atoms with Crippen molar-refractivity contribution in [1.82, 2.24) is 15.8 Å². The minimum Gasteiger partial charge on any atom is -0.272 e. The van der Waals surface area contributed by atoms with Gasteiger partial charge in [0, 0.05) is 10.5 Å². The largest absolute Gasteiger partial charge is 0.281 e. The molecule has 3 aromatic rings. The number of amides is 2. The van der Waals surface area contributed by atoms with E-state index in [1.165, 1.54) is 40.6 Å². The summed E-state index contributed by atoms with van der Waals surface area (Å²) >= 11 is 2.79. The van der Waals surface area contributed by atoms with Crippen molar-refractivity contribution in [3.8, 4) is 10.6 Å². The Hall–Kier alpha value is -2.64. The summed E-state index contributed by atoms with van der Waals surface area (Å²) in [4.78, 5) is 30.6. The molecule has 1 aliphatic rings. The number of rotatable bonds is 5. The van der Waals surface area contributed by atoms with E-state index in [-0.39, 0.29) is 17.6 Å². The molecular formula is C22H21N3O2S2. The summed E-state index contributed by atoms with van der Waals surface area (Å²) in [5.74, 6) is -0.344. The van der Waals surface area contributed by atoms with Crippen molar-refractivity contribution in [2.75, 3.05) is 5.75 Å². The van der Waals surface area contributed by atoms with E-state index in [0.29, 0.717) is 10.6 Å². The molecule has 1 aromatic heterocycles. The van der Waals surface area contributed by atoms with Crippen molar-refractivity contribution in [3.05, 3.63) is 70.2 Å². The Balaban J connectivity index is 1.30. The zero-order valence-corrected chi connectivity index (χ0v) is 17.7. The van der Waals surface area contributed by atoms with Gasteiger partial charge < -0.3 is 0 Å². The number of hydrogen-bond acceptors (Lipinski definition) is 5. The summed E-state index contributed by atoms with van der Waals surface area (Å²) in [5.41, 5.74) is 9.42. The topological polar surface area (TPSA) is 71.1 Å². The normalized spacial score (nSPS) is 12.4. The Morgan fingerprint density at radius 1 is 1.07 bits per heavy atom. The van der Waals surface area contributed by atoms with Crippen LogP contribution in [0.5, 0.6) is 0 Å². The lowest BCUT2D eigenvalue weighted by atomic mass is 10.1. The summed E-state index contributed by atoms with van der Waals surface area (Å²) in [7, 11) is 0. The number of thioether (sulfide) groups is 1. The van der Waals surface area contributed by atoms with Gasteiger partial charge in [0.15, 0.2) is 0 Å². The first-order valence-corrected chi connectivity index (χ1v) is 11.3. The van der Waals surface area contributed by atoms with Gasteiger partial charge in [0.05, 0.1) is 11.4 Å². The van der Waals surface area contributed by atoms with E-state index in [1.807, 2.05) is 30.3 Å². The van der Waals surface area contributed by atoms with Crippen molar-refractivity contribution < 1.29 is 9.59 Å². The molecule has 0 aliphatic heterocycles. The van der Waals surface area contributed by atoms with E-state index in [2.05, 4.69) is 34.0 Å². The lowest BCUT2D eigenvalue weighted by molar-refractivity contribution is -0.119. The highest BCUT2D eigenvalue weighted by Crippen LogP contribution is 2.28. The van der Waals surface area contributed by atoms with E-state index < -0.39 is 0 Å². The van der Waals surface area contributed by atoms with Crippen molar-refractivity contribution in [2.45, 2.75) is 31.1 Å². The third-order valence-corrected chi connectivity index (χ3v) is 6.98. The molecule has 0 saturated heterocycles. The molecule has 2 aromatic carbocycles. The zero-order chi connectivity index (χ0) is 20.2. The minimum atomic E-state index is -0.349. The maximum Gasteiger partial charge on any atom is 0.281 e. The SMILES string of the molecule is Cc1nc(-c2ccccc2)sc1C(=O)NNC(=O)CSc1ccc2c(c1)CCC2. The highest BCUT2D eigenvalue weighted by Gasteiger charge is 2.17. The molecule has 0 atom stereocenters. The average Bonchev–Trinajstić information content (AvgIpc) is 3.37. The van der Waals surface area contributed by atoms with Crippen LogP contribution in [0.25, 0.3) is 10.6 Å². The molecule has 1 heterocycles. The van der Waals surface area contributed by atoms with Crippen molar-refractivity contribution in [2.24, 2.45) is 0 Å². The Labute approximate surface area is 177 Å². The number of nitrogens with zero attached hydrogens (tertiary/aromatic N) is 1. The molecule has 4 rings (SSSR count). The van der Waals surface area contributed by atoms with Crippen LogP contribution in [0.15, 0.2) is 53.4 Å². The first-order valence-electron chi connectivity index (χ1n) is 9.47. The smallest absolute Gasteiger partial charge is 0.272 e. The van der Waals surface area contributed by atoms with Crippen molar-refractivity contribution >= 4 is 34.9 Å². The lowest BCUT2D eigenvalue weighted by Gasteiger charge is -2.07. The number of fused-ring (bicyclic) bond motifs is 1. The molecule has 0 fully saturated rings. The number of carbonyl (C=O) groups is 2. The highest BCUT2D eigenvalue weighted by molar-refractivity contribution is 8.00. The number of hydrazine groups is 1. The molecule has 2 N–H and O–H groups in total. The molecule has 5 nitrogen and oxygen atoms in total. The van der Waals surface area contributed by atoms with Crippen molar-refractivity contribution in [1.29, 1.82) is 0 Å². The quantitative estimate of drug-likeness (QED) is 0.477. The summed E-state index contributed by atoms with van der Waals surface area (Å²) in [6.45, 7) is 1.80. The molecule has 0 spiro atoms. The van der Waals surface area contributed by atoms with Crippen LogP contribution < -0.4 is 10.9 Å². The fourth-order valence-electron chi connectivity index (χ4n) is 3.32. The number of aromatic nitrogens is 1. The van der Waals surface area contributed by atoms with E-state index in [4.69, 9.17) is 0 Å². The molecule has 29 heavy (non-hydrogen) atoms. The first kappa shape index (κ1) is 19.7. The van der Waals surface area contributed by atoms with Gasteiger partial charge in [0.1, 0.15) is 9.88 Å². The fourth-order valence-corrected chi connectivity index (χ4v) is 5.04. The van der Waals surface area contributed by atoms with Gasteiger partial charge in [-0.3, -0.25) is 20.4 Å². The number of benzene rings is 2. The summed E-state index contributed by atoms with van der Waals surface area (Å²) in [6, 6.07) is 16.1. The second kappa shape index (κ2) is 8.80. The van der Waals surface area contributed by atoms with Crippen LogP contribution >= 0.6 is 23.1 Å². The number of aryl methyl sites for hydroxylation is 3. The summed E-state index contributed by atoms with van der Waals surface area (Å²) in [6.07, 6.45) is 3.47. The van der Waals surface area contributed by atoms with Gasteiger partial charge in [-0.1, -0.05) is 36.4 Å². The molecule has 2 amide bonds. The van der Waals surface area contributed by atoms with E-state index in [0.717, 1.165) is 28.3 Å². The predicted molar refractivity (Wildman–Crippen MR) is 117 cm³/mol. The molecule has 7 heteroatoms. The van der Waals surface area contributed by atoms with Crippen LogP contribution in [0.1, 0.15) is 32.9 Å². The second-order valence-electron chi connectivity index (χ2n) is 6.87. The summed E-state index contributed by atoms with van der Waals surface area (Å²) < 4.78 is 0. The van der Waals surface area contributed by atoms with Crippen LogP contribution in [0.3, 0.4) is 0 Å². The van der Waals surface area contributed by atoms with Gasteiger partial charge in [-0.15, -0.1) is 23.1 Å². The van der Waals surface area contributed by atoms with Crippen LogP contribution in [0.4, 0.5) is 0 Å². The van der Waals surface area contributed by atoms with E-state index >= 15 is 0 Å². The molecular weight excluding hydrogens is 402 g/mol.